The van der Waals surface area contributed by atoms with Crippen LogP contribution in [0.2, 0.25) is 0 Å². The van der Waals surface area contributed by atoms with Gasteiger partial charge < -0.3 is 23.3 Å². The highest BCUT2D eigenvalue weighted by molar-refractivity contribution is 5.86. The number of nitrogens with zero attached hydrogens (tertiary/aromatic N) is 4. The number of ether oxygens (including phenoxy) is 3. The first kappa shape index (κ1) is 33.8. The van der Waals surface area contributed by atoms with Crippen molar-refractivity contribution in [1.82, 2.24) is 19.1 Å². The van der Waals surface area contributed by atoms with Gasteiger partial charge in [0, 0.05) is 25.1 Å². The van der Waals surface area contributed by atoms with Crippen LogP contribution in [0.25, 0.3) is 33.2 Å². The van der Waals surface area contributed by atoms with Gasteiger partial charge in [-0.05, 0) is 87.9 Å². The normalized spacial score (nSPS) is 11.7. The van der Waals surface area contributed by atoms with Gasteiger partial charge in [-0.1, -0.05) is 74.0 Å². The monoisotopic (exact) mass is 658 g/mol. The smallest absolute Gasteiger partial charge is 0.491 e. The van der Waals surface area contributed by atoms with Gasteiger partial charge in [0.1, 0.15) is 28.4 Å². The Balaban J connectivity index is 1.20. The van der Waals surface area contributed by atoms with Crippen LogP contribution in [0.15, 0.2) is 91.3 Å². The van der Waals surface area contributed by atoms with Crippen LogP contribution in [-0.2, 0) is 24.2 Å². The lowest BCUT2D eigenvalue weighted by Gasteiger charge is -2.19. The summed E-state index contributed by atoms with van der Waals surface area (Å²) >= 11 is 0. The van der Waals surface area contributed by atoms with Gasteiger partial charge in [0.25, 0.3) is 0 Å². The average molecular weight is 659 g/mol. The summed E-state index contributed by atoms with van der Waals surface area (Å²) in [4.78, 5) is 22.1. The van der Waals surface area contributed by atoms with Crippen molar-refractivity contribution >= 4 is 28.2 Å². The highest BCUT2D eigenvalue weighted by Crippen LogP contribution is 2.33. The zero-order valence-corrected chi connectivity index (χ0v) is 29.2. The minimum Gasteiger partial charge on any atom is -0.491 e. The molecule has 6 rings (SSSR count). The van der Waals surface area contributed by atoms with Crippen molar-refractivity contribution < 1.29 is 19.0 Å². The Morgan fingerprint density at radius 1 is 0.857 bits per heavy atom. The predicted octanol–water partition coefficient (Wildman–Crippen LogP) is 9.93. The van der Waals surface area contributed by atoms with Crippen molar-refractivity contribution in [3.8, 4) is 22.6 Å². The first-order valence-corrected chi connectivity index (χ1v) is 17.3. The van der Waals surface area contributed by atoms with Gasteiger partial charge in [-0.2, -0.15) is 0 Å². The molecule has 0 saturated heterocycles. The molecule has 0 saturated carbocycles. The van der Waals surface area contributed by atoms with Crippen molar-refractivity contribution in [2.45, 2.75) is 85.4 Å². The van der Waals surface area contributed by atoms with E-state index in [9.17, 15) is 4.79 Å². The third kappa shape index (κ3) is 8.13. The summed E-state index contributed by atoms with van der Waals surface area (Å²) in [7, 11) is 0. The molecule has 0 aliphatic rings. The van der Waals surface area contributed by atoms with Crippen molar-refractivity contribution in [2.75, 3.05) is 6.61 Å². The van der Waals surface area contributed by atoms with E-state index in [1.165, 1.54) is 5.52 Å². The molecule has 0 amide bonds. The summed E-state index contributed by atoms with van der Waals surface area (Å²) in [6.45, 7) is 12.0. The number of carbonyl (C=O) groups is 1. The Morgan fingerprint density at radius 2 is 1.63 bits per heavy atom. The molecule has 0 unspecified atom stereocenters. The fourth-order valence-electron chi connectivity index (χ4n) is 6.08. The van der Waals surface area contributed by atoms with Gasteiger partial charge in [0.2, 0.25) is 0 Å². The van der Waals surface area contributed by atoms with E-state index in [0.29, 0.717) is 18.9 Å². The topological polar surface area (TPSA) is 80.4 Å². The molecular weight excluding hydrogens is 612 g/mol. The maximum absolute atomic E-state index is 12.4. The Bertz CT molecular complexity index is 2040. The van der Waals surface area contributed by atoms with Crippen LogP contribution >= 0.6 is 0 Å². The summed E-state index contributed by atoms with van der Waals surface area (Å²) in [5.74, 6) is 2.40. The molecule has 0 bridgehead atoms. The van der Waals surface area contributed by atoms with Crippen LogP contribution in [-0.4, -0.2) is 37.5 Å². The molecule has 4 aromatic carbocycles. The maximum atomic E-state index is 12.4. The fraction of sp³-hybridized carbons (Fsp3) is 0.341. The van der Waals surface area contributed by atoms with Crippen LogP contribution in [0.4, 0.5) is 4.79 Å². The van der Waals surface area contributed by atoms with E-state index >= 15 is 0 Å². The SMILES string of the molecule is CCCCc1nc2c(C)ccc(OCCCCn3cnc4ccccc43)c2n1Cc1ccc(-c2ccccc2OC(=O)OC(C)(C)C)cc1. The minimum atomic E-state index is -0.719. The van der Waals surface area contributed by atoms with Gasteiger partial charge in [-0.3, -0.25) is 0 Å². The predicted molar refractivity (Wildman–Crippen MR) is 195 cm³/mol. The molecule has 8 nitrogen and oxygen atoms in total. The third-order valence-corrected chi connectivity index (χ3v) is 8.55. The quantitative estimate of drug-likeness (QED) is 0.0698. The lowest BCUT2D eigenvalue weighted by atomic mass is 10.0. The number of fused-ring (bicyclic) bond motifs is 2. The third-order valence-electron chi connectivity index (χ3n) is 8.55. The number of aromatic nitrogens is 4. The Kier molecular flexibility index (Phi) is 10.3. The maximum Gasteiger partial charge on any atom is 0.514 e. The second-order valence-electron chi connectivity index (χ2n) is 13.5. The molecule has 49 heavy (non-hydrogen) atoms. The summed E-state index contributed by atoms with van der Waals surface area (Å²) in [6, 6.07) is 28.4. The molecule has 6 aromatic rings. The number of hydrogen-bond acceptors (Lipinski definition) is 6. The van der Waals surface area contributed by atoms with Crippen LogP contribution in [0.3, 0.4) is 0 Å². The number of hydrogen-bond donors (Lipinski definition) is 0. The number of imidazole rings is 2. The molecule has 0 spiro atoms. The Hall–Kier alpha value is -5.11. The van der Waals surface area contributed by atoms with E-state index < -0.39 is 11.8 Å². The van der Waals surface area contributed by atoms with E-state index in [1.807, 2.05) is 57.4 Å². The van der Waals surface area contributed by atoms with Crippen molar-refractivity contribution in [2.24, 2.45) is 0 Å². The lowest BCUT2D eigenvalue weighted by Crippen LogP contribution is -2.26. The van der Waals surface area contributed by atoms with Crippen LogP contribution < -0.4 is 9.47 Å². The molecule has 0 fully saturated rings. The molecule has 0 aliphatic heterocycles. The number of carbonyl (C=O) groups excluding carboxylic acids is 1. The first-order valence-electron chi connectivity index (χ1n) is 17.3. The number of para-hydroxylation sites is 3. The molecule has 0 radical (unpaired) electrons. The number of aryl methyl sites for hydroxylation is 3. The largest absolute Gasteiger partial charge is 0.514 e. The zero-order valence-electron chi connectivity index (χ0n) is 29.2. The van der Waals surface area contributed by atoms with Gasteiger partial charge in [0.15, 0.2) is 0 Å². The zero-order chi connectivity index (χ0) is 34.4. The standard InChI is InChI=1S/C41H46N4O4/c1-6-7-18-37-43-38-29(2)19-24-36(47-26-13-12-25-44-28-42-33-15-9-10-16-34(33)44)39(38)45(37)27-30-20-22-31(23-21-30)32-14-8-11-17-35(32)48-40(46)49-41(3,4)5/h8-11,14-17,19-24,28H,6-7,12-13,18,25-27H2,1-5H3. The Labute approximate surface area is 288 Å². The van der Waals surface area contributed by atoms with Gasteiger partial charge >= 0.3 is 6.16 Å². The van der Waals surface area contributed by atoms with Crippen LogP contribution in [0, 0.1) is 6.92 Å². The van der Waals surface area contributed by atoms with E-state index in [4.69, 9.17) is 19.2 Å². The van der Waals surface area contributed by atoms with Gasteiger partial charge in [-0.25, -0.2) is 14.8 Å². The molecule has 0 atom stereocenters. The Morgan fingerprint density at radius 3 is 2.43 bits per heavy atom. The molecule has 254 valence electrons. The van der Waals surface area contributed by atoms with Crippen molar-refractivity contribution in [1.29, 1.82) is 0 Å². The van der Waals surface area contributed by atoms with Gasteiger partial charge in [0.05, 0.1) is 29.5 Å². The summed E-state index contributed by atoms with van der Waals surface area (Å²) in [6.07, 6.45) is 6.19. The van der Waals surface area contributed by atoms with E-state index in [1.54, 1.807) is 6.07 Å². The fourth-order valence-corrected chi connectivity index (χ4v) is 6.08. The average Bonchev–Trinajstić information content (AvgIpc) is 3.66. The number of unbranched alkanes of at least 4 members (excludes halogenated alkanes) is 2. The molecule has 8 heteroatoms. The second-order valence-corrected chi connectivity index (χ2v) is 13.5. The van der Waals surface area contributed by atoms with Crippen LogP contribution in [0.1, 0.15) is 70.3 Å². The highest BCUT2D eigenvalue weighted by atomic mass is 16.7. The second kappa shape index (κ2) is 15.0. The molecule has 2 heterocycles. The lowest BCUT2D eigenvalue weighted by molar-refractivity contribution is 0.0207. The van der Waals surface area contributed by atoms with E-state index in [-0.39, 0.29) is 0 Å². The molecule has 0 N–H and O–H groups in total. The highest BCUT2D eigenvalue weighted by Gasteiger charge is 2.20. The van der Waals surface area contributed by atoms with E-state index in [0.717, 1.165) is 89.0 Å². The summed E-state index contributed by atoms with van der Waals surface area (Å²) in [5.41, 5.74) is 7.66. The summed E-state index contributed by atoms with van der Waals surface area (Å²) in [5, 5.41) is 0. The first-order chi connectivity index (χ1) is 23.7. The van der Waals surface area contributed by atoms with Crippen LogP contribution in [0.5, 0.6) is 11.5 Å². The van der Waals surface area contributed by atoms with Gasteiger partial charge in [-0.15, -0.1) is 0 Å². The molecule has 0 aliphatic carbocycles. The molecule has 2 aromatic heterocycles. The van der Waals surface area contributed by atoms with E-state index in [2.05, 4.69) is 76.5 Å². The number of rotatable bonds is 13. The molecular formula is C41H46N4O4. The van der Waals surface area contributed by atoms with Crippen molar-refractivity contribution in [3.63, 3.8) is 0 Å². The summed E-state index contributed by atoms with van der Waals surface area (Å²) < 4.78 is 22.0. The van der Waals surface area contributed by atoms with Crippen molar-refractivity contribution in [3.05, 3.63) is 108 Å². The minimum absolute atomic E-state index is 0.461. The number of benzene rings is 4.